The molecule has 2 heterocycles. The van der Waals surface area contributed by atoms with Crippen LogP contribution in [0.2, 0.25) is 0 Å². The summed E-state index contributed by atoms with van der Waals surface area (Å²) in [4.78, 5) is 4.06. The molecule has 2 aromatic carbocycles. The average Bonchev–Trinajstić information content (AvgIpc) is 3.02. The smallest absolute Gasteiger partial charge is 0.153 e. The molecule has 4 aromatic rings. The van der Waals surface area contributed by atoms with Gasteiger partial charge in [-0.3, -0.25) is 5.10 Å². The minimum absolute atomic E-state index is 0.461. The van der Waals surface area contributed by atoms with E-state index in [4.69, 9.17) is 16.2 Å². The molecule has 0 aliphatic rings. The van der Waals surface area contributed by atoms with Crippen LogP contribution in [0.4, 0.5) is 11.6 Å². The fourth-order valence-corrected chi connectivity index (χ4v) is 2.95. The Labute approximate surface area is 144 Å². The highest BCUT2D eigenvalue weighted by Gasteiger charge is 2.13. The summed E-state index contributed by atoms with van der Waals surface area (Å²) in [5.41, 5.74) is 16.7. The summed E-state index contributed by atoms with van der Waals surface area (Å²) < 4.78 is 5.35. The molecular weight excluding hydrogens is 314 g/mol. The topological polar surface area (TPSA) is 103 Å². The number of hydrogen-bond donors (Lipinski definition) is 3. The van der Waals surface area contributed by atoms with E-state index in [1.54, 1.807) is 13.3 Å². The molecule has 0 saturated heterocycles. The predicted molar refractivity (Wildman–Crippen MR) is 100 cm³/mol. The third-order valence-corrected chi connectivity index (χ3v) is 4.20. The number of pyridine rings is 1. The molecule has 6 heteroatoms. The molecule has 0 atom stereocenters. The van der Waals surface area contributed by atoms with Crippen molar-refractivity contribution in [2.75, 3.05) is 18.6 Å². The molecule has 4 rings (SSSR count). The lowest BCUT2D eigenvalue weighted by molar-refractivity contribution is 0.415. The van der Waals surface area contributed by atoms with Gasteiger partial charge in [0.2, 0.25) is 0 Å². The van der Waals surface area contributed by atoms with Crippen LogP contribution in [0.3, 0.4) is 0 Å². The second-order valence-electron chi connectivity index (χ2n) is 5.76. The van der Waals surface area contributed by atoms with Crippen LogP contribution in [0.25, 0.3) is 33.2 Å². The van der Waals surface area contributed by atoms with E-state index in [0.717, 1.165) is 38.9 Å². The fourth-order valence-electron chi connectivity index (χ4n) is 2.95. The molecule has 0 bridgehead atoms. The third kappa shape index (κ3) is 2.63. The van der Waals surface area contributed by atoms with Gasteiger partial charge in [-0.15, -0.1) is 0 Å². The Morgan fingerprint density at radius 3 is 2.64 bits per heavy atom. The van der Waals surface area contributed by atoms with Crippen LogP contribution in [-0.2, 0) is 0 Å². The van der Waals surface area contributed by atoms with Crippen LogP contribution in [0, 0.1) is 0 Å². The van der Waals surface area contributed by atoms with Crippen molar-refractivity contribution in [3.05, 3.63) is 54.7 Å². The summed E-state index contributed by atoms with van der Waals surface area (Å²) in [6.45, 7) is 0. The Bertz CT molecular complexity index is 1070. The van der Waals surface area contributed by atoms with Gasteiger partial charge in [-0.2, -0.15) is 5.10 Å². The summed E-state index contributed by atoms with van der Waals surface area (Å²) in [7, 11) is 1.65. The van der Waals surface area contributed by atoms with Gasteiger partial charge in [0.25, 0.3) is 0 Å². The first-order valence-corrected chi connectivity index (χ1v) is 7.79. The van der Waals surface area contributed by atoms with Crippen molar-refractivity contribution in [1.82, 2.24) is 15.2 Å². The molecule has 0 amide bonds. The van der Waals surface area contributed by atoms with E-state index in [1.807, 2.05) is 42.5 Å². The van der Waals surface area contributed by atoms with Crippen LogP contribution < -0.4 is 16.2 Å². The van der Waals surface area contributed by atoms with E-state index < -0.39 is 0 Å². The summed E-state index contributed by atoms with van der Waals surface area (Å²) in [5, 5.41) is 8.06. The van der Waals surface area contributed by atoms with E-state index >= 15 is 0 Å². The van der Waals surface area contributed by atoms with Crippen molar-refractivity contribution in [3.8, 4) is 28.0 Å². The number of hydrogen-bond acceptors (Lipinski definition) is 5. The van der Waals surface area contributed by atoms with Crippen LogP contribution in [0.5, 0.6) is 5.75 Å². The summed E-state index contributed by atoms with van der Waals surface area (Å²) in [6.07, 6.45) is 1.69. The molecule has 25 heavy (non-hydrogen) atoms. The molecule has 0 aliphatic carbocycles. The lowest BCUT2D eigenvalue weighted by Gasteiger charge is -2.10. The van der Waals surface area contributed by atoms with Crippen LogP contribution in [0.15, 0.2) is 54.7 Å². The lowest BCUT2D eigenvalue weighted by Crippen LogP contribution is -1.91. The maximum atomic E-state index is 6.05. The van der Waals surface area contributed by atoms with Crippen molar-refractivity contribution in [2.45, 2.75) is 0 Å². The first kappa shape index (κ1) is 15.0. The summed E-state index contributed by atoms with van der Waals surface area (Å²) >= 11 is 0. The summed E-state index contributed by atoms with van der Waals surface area (Å²) in [5.74, 6) is 1.72. The highest BCUT2D eigenvalue weighted by atomic mass is 16.5. The monoisotopic (exact) mass is 331 g/mol. The number of rotatable bonds is 3. The highest BCUT2D eigenvalue weighted by Crippen LogP contribution is 2.36. The van der Waals surface area contributed by atoms with Crippen molar-refractivity contribution in [2.24, 2.45) is 0 Å². The Balaban J connectivity index is 1.99. The number of nitrogen functional groups attached to an aromatic ring is 2. The Morgan fingerprint density at radius 2 is 1.84 bits per heavy atom. The first-order valence-electron chi connectivity index (χ1n) is 7.79. The minimum atomic E-state index is 0.461. The molecule has 0 aliphatic heterocycles. The number of benzene rings is 2. The van der Waals surface area contributed by atoms with Crippen molar-refractivity contribution in [3.63, 3.8) is 0 Å². The molecule has 6 nitrogen and oxygen atoms in total. The number of nitrogens with two attached hydrogens (primary N) is 2. The van der Waals surface area contributed by atoms with Gasteiger partial charge in [-0.05, 0) is 53.1 Å². The number of fused-ring (bicyclic) bond motifs is 1. The van der Waals surface area contributed by atoms with Gasteiger partial charge in [0.1, 0.15) is 11.6 Å². The third-order valence-electron chi connectivity index (χ3n) is 4.20. The first-order chi connectivity index (χ1) is 12.2. The maximum absolute atomic E-state index is 6.05. The number of nitrogens with one attached hydrogen (secondary N) is 1. The van der Waals surface area contributed by atoms with Crippen molar-refractivity contribution in [1.29, 1.82) is 0 Å². The fraction of sp³-hybridized carbons (Fsp3) is 0.0526. The molecule has 0 spiro atoms. The number of nitrogens with zero attached hydrogens (tertiary/aromatic N) is 2. The quantitative estimate of drug-likeness (QED) is 0.533. The van der Waals surface area contributed by atoms with Crippen LogP contribution in [-0.4, -0.2) is 22.3 Å². The van der Waals surface area contributed by atoms with E-state index in [9.17, 15) is 0 Å². The average molecular weight is 331 g/mol. The Morgan fingerprint density at radius 1 is 0.960 bits per heavy atom. The molecule has 0 unspecified atom stereocenters. The SMILES string of the molecule is COc1cccc(-c2cc(-c3ccnc(N)c3)cc3c(N)n[nH]c23)c1. The van der Waals surface area contributed by atoms with Crippen LogP contribution >= 0.6 is 0 Å². The van der Waals surface area contributed by atoms with E-state index in [-0.39, 0.29) is 0 Å². The zero-order valence-electron chi connectivity index (χ0n) is 13.7. The standard InChI is InChI=1S/C19H17N5O/c1-25-14-4-2-3-12(7-14)15-8-13(11-5-6-22-17(20)10-11)9-16-18(15)23-24-19(16)21/h2-10H,1H3,(H2,20,22)(H3,21,23,24). The number of methoxy groups -OCH3 is 1. The molecule has 0 radical (unpaired) electrons. The normalized spacial score (nSPS) is 10.9. The van der Waals surface area contributed by atoms with Gasteiger partial charge in [0.15, 0.2) is 5.82 Å². The van der Waals surface area contributed by atoms with Crippen molar-refractivity contribution < 1.29 is 4.74 Å². The highest BCUT2D eigenvalue weighted by molar-refractivity contribution is 6.02. The van der Waals surface area contributed by atoms with Gasteiger partial charge < -0.3 is 16.2 Å². The largest absolute Gasteiger partial charge is 0.497 e. The molecule has 124 valence electrons. The maximum Gasteiger partial charge on any atom is 0.153 e. The second kappa shape index (κ2) is 5.83. The molecule has 2 aromatic heterocycles. The van der Waals surface area contributed by atoms with Gasteiger partial charge in [-0.1, -0.05) is 12.1 Å². The summed E-state index contributed by atoms with van der Waals surface area (Å²) in [6, 6.07) is 15.7. The number of ether oxygens (including phenoxy) is 1. The van der Waals surface area contributed by atoms with E-state index in [0.29, 0.717) is 11.6 Å². The molecule has 5 N–H and O–H groups in total. The zero-order chi connectivity index (χ0) is 17.4. The molecule has 0 saturated carbocycles. The predicted octanol–water partition coefficient (Wildman–Crippen LogP) is 3.46. The Hall–Kier alpha value is -3.54. The minimum Gasteiger partial charge on any atom is -0.497 e. The van der Waals surface area contributed by atoms with Gasteiger partial charge >= 0.3 is 0 Å². The van der Waals surface area contributed by atoms with Gasteiger partial charge in [0, 0.05) is 17.1 Å². The molecule has 0 fully saturated rings. The number of H-pyrrole nitrogens is 1. The second-order valence-corrected chi connectivity index (χ2v) is 5.76. The van der Waals surface area contributed by atoms with E-state index in [1.165, 1.54) is 0 Å². The van der Waals surface area contributed by atoms with Crippen molar-refractivity contribution >= 4 is 22.5 Å². The van der Waals surface area contributed by atoms with Gasteiger partial charge in [-0.25, -0.2) is 4.98 Å². The molecular formula is C19H17N5O. The lowest BCUT2D eigenvalue weighted by atomic mass is 9.96. The Kier molecular flexibility index (Phi) is 3.50. The van der Waals surface area contributed by atoms with E-state index in [2.05, 4.69) is 21.2 Å². The zero-order valence-corrected chi connectivity index (χ0v) is 13.7. The number of aromatic nitrogens is 3. The number of aromatic amines is 1. The van der Waals surface area contributed by atoms with Crippen LogP contribution in [0.1, 0.15) is 0 Å². The van der Waals surface area contributed by atoms with Gasteiger partial charge in [0.05, 0.1) is 12.6 Å². The number of anilines is 2.